The van der Waals surface area contributed by atoms with E-state index in [1.165, 1.54) is 28.5 Å². The number of H-pyrrole nitrogens is 1. The summed E-state index contributed by atoms with van der Waals surface area (Å²) in [5.74, 6) is 0.521. The molecule has 0 aliphatic heterocycles. The average molecular weight is 335 g/mol. The maximum atomic E-state index is 13.2. The van der Waals surface area contributed by atoms with Crippen LogP contribution in [-0.2, 0) is 6.42 Å². The monoisotopic (exact) mass is 335 g/mol. The van der Waals surface area contributed by atoms with Gasteiger partial charge in [0, 0.05) is 12.1 Å². The smallest absolute Gasteiger partial charge is 0.199 e. The highest BCUT2D eigenvalue weighted by Crippen LogP contribution is 2.22. The lowest BCUT2D eigenvalue weighted by molar-refractivity contribution is 0.627. The summed E-state index contributed by atoms with van der Waals surface area (Å²) in [6.45, 7) is 0. The molecule has 0 atom stereocenters. The number of aromatic nitrogens is 3. The fraction of sp³-hybridized carbons (Fsp3) is 0.0526. The van der Waals surface area contributed by atoms with Gasteiger partial charge < -0.3 is 0 Å². The van der Waals surface area contributed by atoms with E-state index in [0.717, 1.165) is 11.5 Å². The van der Waals surface area contributed by atoms with Crippen LogP contribution < -0.4 is 0 Å². The Hall–Kier alpha value is -2.79. The molecule has 1 N–H and O–H groups in total. The van der Waals surface area contributed by atoms with Crippen LogP contribution in [0.4, 0.5) is 4.39 Å². The van der Waals surface area contributed by atoms with Gasteiger partial charge in [-0.15, -0.1) is 0 Å². The normalized spacial score (nSPS) is 11.0. The van der Waals surface area contributed by atoms with Gasteiger partial charge in [0.05, 0.1) is 0 Å². The Kier molecular flexibility index (Phi) is 3.70. The molecule has 3 aromatic carbocycles. The molecule has 1 aromatic heterocycles. The van der Waals surface area contributed by atoms with E-state index in [2.05, 4.69) is 34.5 Å². The third kappa shape index (κ3) is 2.63. The molecule has 0 saturated carbocycles. The van der Waals surface area contributed by atoms with Gasteiger partial charge in [0.1, 0.15) is 11.6 Å². The molecule has 0 fully saturated rings. The number of halogens is 1. The van der Waals surface area contributed by atoms with Crippen LogP contribution in [0.25, 0.3) is 16.5 Å². The molecule has 118 valence electrons. The molecule has 24 heavy (non-hydrogen) atoms. The minimum Gasteiger partial charge on any atom is -0.272 e. The summed E-state index contributed by atoms with van der Waals surface area (Å²) < 4.78 is 15.5. The zero-order valence-corrected chi connectivity index (χ0v) is 13.6. The van der Waals surface area contributed by atoms with Crippen molar-refractivity contribution in [3.05, 3.63) is 88.7 Å². The fourth-order valence-electron chi connectivity index (χ4n) is 2.92. The number of aromatic amines is 1. The molecule has 5 heteroatoms. The molecule has 4 rings (SSSR count). The van der Waals surface area contributed by atoms with E-state index in [9.17, 15) is 4.39 Å². The fourth-order valence-corrected chi connectivity index (χ4v) is 3.18. The number of fused-ring (bicyclic) bond motifs is 1. The SMILES string of the molecule is Fc1ccc(-n2c(Cc3cccc4ccccc34)n[nH]c2=S)cc1. The Bertz CT molecular complexity index is 1060. The number of benzene rings is 3. The molecule has 0 spiro atoms. The van der Waals surface area contributed by atoms with Crippen LogP contribution in [0.2, 0.25) is 0 Å². The number of nitrogens with zero attached hydrogens (tertiary/aromatic N) is 2. The van der Waals surface area contributed by atoms with Crippen molar-refractivity contribution in [2.75, 3.05) is 0 Å². The Morgan fingerprint density at radius 2 is 1.71 bits per heavy atom. The van der Waals surface area contributed by atoms with Gasteiger partial charge in [-0.25, -0.2) is 4.39 Å². The summed E-state index contributed by atoms with van der Waals surface area (Å²) in [6, 6.07) is 20.7. The number of hydrogen-bond acceptors (Lipinski definition) is 2. The summed E-state index contributed by atoms with van der Waals surface area (Å²) in [6.07, 6.45) is 0.631. The molecule has 0 aliphatic rings. The molecule has 1 heterocycles. The molecule has 0 saturated heterocycles. The predicted molar refractivity (Wildman–Crippen MR) is 95.5 cm³/mol. The second-order valence-corrected chi connectivity index (χ2v) is 5.96. The number of rotatable bonds is 3. The molecule has 4 aromatic rings. The first-order chi connectivity index (χ1) is 11.7. The van der Waals surface area contributed by atoms with Crippen LogP contribution in [-0.4, -0.2) is 14.8 Å². The molecular formula is C19H14FN3S. The minimum absolute atomic E-state index is 0.274. The summed E-state index contributed by atoms with van der Waals surface area (Å²) in [7, 11) is 0. The van der Waals surface area contributed by atoms with Crippen LogP contribution in [0.3, 0.4) is 0 Å². The first kappa shape index (κ1) is 14.8. The van der Waals surface area contributed by atoms with E-state index < -0.39 is 0 Å². The number of hydrogen-bond donors (Lipinski definition) is 1. The summed E-state index contributed by atoms with van der Waals surface area (Å²) in [5, 5.41) is 9.60. The van der Waals surface area contributed by atoms with E-state index in [0.29, 0.717) is 11.2 Å². The van der Waals surface area contributed by atoms with Crippen molar-refractivity contribution in [3.63, 3.8) is 0 Å². The Morgan fingerprint density at radius 3 is 2.54 bits per heavy atom. The van der Waals surface area contributed by atoms with Crippen LogP contribution in [0, 0.1) is 10.6 Å². The lowest BCUT2D eigenvalue weighted by Crippen LogP contribution is -2.03. The molecule has 0 amide bonds. The predicted octanol–water partition coefficient (Wildman–Crippen LogP) is 4.81. The zero-order valence-electron chi connectivity index (χ0n) is 12.7. The van der Waals surface area contributed by atoms with Crippen molar-refractivity contribution >= 4 is 23.0 Å². The summed E-state index contributed by atoms with van der Waals surface area (Å²) in [5.41, 5.74) is 1.97. The Balaban J connectivity index is 1.81. The van der Waals surface area contributed by atoms with Gasteiger partial charge in [0.2, 0.25) is 0 Å². The van der Waals surface area contributed by atoms with Crippen molar-refractivity contribution in [1.29, 1.82) is 0 Å². The van der Waals surface area contributed by atoms with Gasteiger partial charge in [-0.2, -0.15) is 5.10 Å². The molecule has 0 unspecified atom stereocenters. The molecule has 3 nitrogen and oxygen atoms in total. The van der Waals surface area contributed by atoms with E-state index >= 15 is 0 Å². The third-order valence-corrected chi connectivity index (χ3v) is 4.33. The lowest BCUT2D eigenvalue weighted by atomic mass is 10.0. The number of nitrogens with one attached hydrogen (secondary N) is 1. The molecular weight excluding hydrogens is 321 g/mol. The van der Waals surface area contributed by atoms with Crippen LogP contribution in [0.15, 0.2) is 66.7 Å². The van der Waals surface area contributed by atoms with Gasteiger partial charge in [0.15, 0.2) is 4.77 Å². The average Bonchev–Trinajstić information content (AvgIpc) is 2.97. The van der Waals surface area contributed by atoms with E-state index in [4.69, 9.17) is 12.2 Å². The van der Waals surface area contributed by atoms with Gasteiger partial charge in [-0.05, 0) is 52.8 Å². The maximum Gasteiger partial charge on any atom is 0.199 e. The van der Waals surface area contributed by atoms with Crippen molar-refractivity contribution in [1.82, 2.24) is 14.8 Å². The van der Waals surface area contributed by atoms with Gasteiger partial charge in [-0.3, -0.25) is 9.67 Å². The van der Waals surface area contributed by atoms with Crippen LogP contribution >= 0.6 is 12.2 Å². The topological polar surface area (TPSA) is 33.6 Å². The van der Waals surface area contributed by atoms with Crippen molar-refractivity contribution in [2.24, 2.45) is 0 Å². The minimum atomic E-state index is -0.274. The summed E-state index contributed by atoms with van der Waals surface area (Å²) >= 11 is 5.35. The Labute approximate surface area is 143 Å². The lowest BCUT2D eigenvalue weighted by Gasteiger charge is -2.09. The quantitative estimate of drug-likeness (QED) is 0.545. The van der Waals surface area contributed by atoms with Crippen LogP contribution in [0.5, 0.6) is 0 Å². The third-order valence-electron chi connectivity index (χ3n) is 4.06. The highest BCUT2D eigenvalue weighted by atomic mass is 32.1. The largest absolute Gasteiger partial charge is 0.272 e. The Morgan fingerprint density at radius 1 is 0.958 bits per heavy atom. The van der Waals surface area contributed by atoms with Gasteiger partial charge in [-0.1, -0.05) is 42.5 Å². The van der Waals surface area contributed by atoms with E-state index in [1.54, 1.807) is 12.1 Å². The van der Waals surface area contributed by atoms with E-state index in [-0.39, 0.29) is 5.82 Å². The van der Waals surface area contributed by atoms with Gasteiger partial charge in [0.25, 0.3) is 0 Å². The van der Waals surface area contributed by atoms with E-state index in [1.807, 2.05) is 22.8 Å². The van der Waals surface area contributed by atoms with Crippen molar-refractivity contribution in [3.8, 4) is 5.69 Å². The highest BCUT2D eigenvalue weighted by Gasteiger charge is 2.11. The van der Waals surface area contributed by atoms with Crippen LogP contribution in [0.1, 0.15) is 11.4 Å². The molecule has 0 radical (unpaired) electrons. The zero-order chi connectivity index (χ0) is 16.5. The standard InChI is InChI=1S/C19H14FN3S/c20-15-8-10-16(11-9-15)23-18(21-22-19(23)24)12-14-6-3-5-13-4-1-2-7-17(13)14/h1-11H,12H2,(H,22,24). The molecule has 0 aliphatic carbocycles. The van der Waals surface area contributed by atoms with Crippen molar-refractivity contribution < 1.29 is 4.39 Å². The summed E-state index contributed by atoms with van der Waals surface area (Å²) in [4.78, 5) is 0. The first-order valence-corrected chi connectivity index (χ1v) is 8.02. The second-order valence-electron chi connectivity index (χ2n) is 5.57. The first-order valence-electron chi connectivity index (χ1n) is 7.61. The maximum absolute atomic E-state index is 13.2. The van der Waals surface area contributed by atoms with Gasteiger partial charge >= 0.3 is 0 Å². The van der Waals surface area contributed by atoms with Crippen molar-refractivity contribution in [2.45, 2.75) is 6.42 Å². The second kappa shape index (κ2) is 6.02. The highest BCUT2D eigenvalue weighted by molar-refractivity contribution is 7.71. The molecule has 0 bridgehead atoms.